The highest BCUT2D eigenvalue weighted by molar-refractivity contribution is 6.02. The van der Waals surface area contributed by atoms with E-state index in [1.165, 1.54) is 18.2 Å². The second-order valence-corrected chi connectivity index (χ2v) is 5.24. The number of nitrogens with zero attached hydrogens (tertiary/aromatic N) is 2. The van der Waals surface area contributed by atoms with E-state index in [9.17, 15) is 14.7 Å². The fraction of sp³-hybridized carbons (Fsp3) is 0.111. The van der Waals surface area contributed by atoms with E-state index >= 15 is 0 Å². The molecule has 3 N–H and O–H groups in total. The predicted molar refractivity (Wildman–Crippen MR) is 92.3 cm³/mol. The third kappa shape index (κ3) is 3.12. The summed E-state index contributed by atoms with van der Waals surface area (Å²) >= 11 is 0. The van der Waals surface area contributed by atoms with E-state index in [4.69, 9.17) is 10.5 Å². The average Bonchev–Trinajstić information content (AvgIpc) is 2.60. The Kier molecular flexibility index (Phi) is 4.30. The van der Waals surface area contributed by atoms with Crippen molar-refractivity contribution >= 4 is 28.7 Å². The zero-order chi connectivity index (χ0) is 18.0. The Morgan fingerprint density at radius 3 is 2.44 bits per heavy atom. The number of carbonyl (C=O) groups excluding carboxylic acids is 1. The SMILES string of the molecule is CCOC(=O)c1nc2ccccc2nc1-c1cc(N)ccc1C(=O)O. The van der Waals surface area contributed by atoms with E-state index < -0.39 is 11.9 Å². The zero-order valence-electron chi connectivity index (χ0n) is 13.4. The van der Waals surface area contributed by atoms with Gasteiger partial charge >= 0.3 is 11.9 Å². The van der Waals surface area contributed by atoms with Gasteiger partial charge in [0.15, 0.2) is 5.69 Å². The number of esters is 1. The molecule has 7 heteroatoms. The van der Waals surface area contributed by atoms with Gasteiger partial charge in [0.2, 0.25) is 0 Å². The molecule has 25 heavy (non-hydrogen) atoms. The van der Waals surface area contributed by atoms with E-state index in [0.717, 1.165) is 0 Å². The highest BCUT2D eigenvalue weighted by Crippen LogP contribution is 2.29. The normalized spacial score (nSPS) is 10.6. The topological polar surface area (TPSA) is 115 Å². The van der Waals surface area contributed by atoms with Gasteiger partial charge in [0.05, 0.1) is 23.2 Å². The number of para-hydroxylation sites is 2. The quantitative estimate of drug-likeness (QED) is 0.555. The van der Waals surface area contributed by atoms with Crippen molar-refractivity contribution in [3.63, 3.8) is 0 Å². The van der Waals surface area contributed by atoms with Crippen molar-refractivity contribution in [1.82, 2.24) is 9.97 Å². The zero-order valence-corrected chi connectivity index (χ0v) is 13.4. The number of hydrogen-bond acceptors (Lipinski definition) is 6. The molecule has 0 spiro atoms. The molecule has 0 radical (unpaired) electrons. The summed E-state index contributed by atoms with van der Waals surface area (Å²) in [6.07, 6.45) is 0. The minimum Gasteiger partial charge on any atom is -0.478 e. The van der Waals surface area contributed by atoms with Gasteiger partial charge in [0, 0.05) is 11.3 Å². The molecule has 126 valence electrons. The summed E-state index contributed by atoms with van der Waals surface area (Å²) in [6, 6.07) is 11.3. The predicted octanol–water partition coefficient (Wildman–Crippen LogP) is 2.75. The lowest BCUT2D eigenvalue weighted by molar-refractivity contribution is 0.0519. The second kappa shape index (κ2) is 6.56. The molecule has 0 aliphatic rings. The number of hydrogen-bond donors (Lipinski definition) is 2. The molecule has 0 unspecified atom stereocenters. The van der Waals surface area contributed by atoms with E-state index in [0.29, 0.717) is 16.7 Å². The maximum atomic E-state index is 12.3. The van der Waals surface area contributed by atoms with Gasteiger partial charge in [-0.1, -0.05) is 12.1 Å². The summed E-state index contributed by atoms with van der Waals surface area (Å²) in [5.74, 6) is -1.82. The number of aromatic nitrogens is 2. The van der Waals surface area contributed by atoms with Crippen molar-refractivity contribution in [2.45, 2.75) is 6.92 Å². The monoisotopic (exact) mass is 337 g/mol. The molecular formula is C18H15N3O4. The van der Waals surface area contributed by atoms with E-state index in [1.807, 2.05) is 0 Å². The van der Waals surface area contributed by atoms with Gasteiger partial charge < -0.3 is 15.6 Å². The Labute approximate surface area is 143 Å². The summed E-state index contributed by atoms with van der Waals surface area (Å²) in [6.45, 7) is 1.84. The molecule has 1 heterocycles. The number of carbonyl (C=O) groups is 2. The molecule has 1 aromatic heterocycles. The summed E-state index contributed by atoms with van der Waals surface area (Å²) in [5, 5.41) is 9.46. The van der Waals surface area contributed by atoms with Crippen LogP contribution in [0.2, 0.25) is 0 Å². The molecule has 0 aliphatic heterocycles. The first kappa shape index (κ1) is 16.4. The Morgan fingerprint density at radius 2 is 1.80 bits per heavy atom. The first-order valence-electron chi connectivity index (χ1n) is 7.58. The molecule has 3 rings (SSSR count). The van der Waals surface area contributed by atoms with Gasteiger partial charge in [-0.05, 0) is 37.3 Å². The molecular weight excluding hydrogens is 322 g/mol. The molecule has 0 saturated carbocycles. The molecule has 7 nitrogen and oxygen atoms in total. The van der Waals surface area contributed by atoms with Crippen molar-refractivity contribution in [2.24, 2.45) is 0 Å². The fourth-order valence-corrected chi connectivity index (χ4v) is 2.47. The number of rotatable bonds is 4. The number of fused-ring (bicyclic) bond motifs is 1. The Balaban J connectivity index is 2.34. The maximum absolute atomic E-state index is 12.3. The van der Waals surface area contributed by atoms with Crippen LogP contribution in [0, 0.1) is 0 Å². The van der Waals surface area contributed by atoms with E-state index in [2.05, 4.69) is 9.97 Å². The molecule has 3 aromatic rings. The molecule has 0 bridgehead atoms. The van der Waals surface area contributed by atoms with Crippen LogP contribution in [-0.2, 0) is 4.74 Å². The first-order valence-corrected chi connectivity index (χ1v) is 7.58. The van der Waals surface area contributed by atoms with Gasteiger partial charge in [0.1, 0.15) is 5.69 Å². The van der Waals surface area contributed by atoms with Crippen molar-refractivity contribution in [3.05, 3.63) is 53.7 Å². The van der Waals surface area contributed by atoms with Crippen LogP contribution in [0.1, 0.15) is 27.8 Å². The van der Waals surface area contributed by atoms with Crippen molar-refractivity contribution in [2.75, 3.05) is 12.3 Å². The van der Waals surface area contributed by atoms with Crippen LogP contribution in [0.25, 0.3) is 22.3 Å². The number of ether oxygens (including phenoxy) is 1. The number of aromatic carboxylic acids is 1. The lowest BCUT2D eigenvalue weighted by Crippen LogP contribution is -2.12. The minimum atomic E-state index is -1.15. The van der Waals surface area contributed by atoms with Crippen LogP contribution in [0.15, 0.2) is 42.5 Å². The lowest BCUT2D eigenvalue weighted by atomic mass is 10.0. The van der Waals surface area contributed by atoms with Crippen LogP contribution in [-0.4, -0.2) is 33.6 Å². The van der Waals surface area contributed by atoms with Crippen LogP contribution in [0.3, 0.4) is 0 Å². The number of anilines is 1. The summed E-state index contributed by atoms with van der Waals surface area (Å²) in [5.41, 5.74) is 7.47. The summed E-state index contributed by atoms with van der Waals surface area (Å²) in [7, 11) is 0. The third-order valence-electron chi connectivity index (χ3n) is 3.57. The minimum absolute atomic E-state index is 0.0238. The Morgan fingerprint density at radius 1 is 1.12 bits per heavy atom. The van der Waals surface area contributed by atoms with Crippen molar-refractivity contribution < 1.29 is 19.4 Å². The standard InChI is InChI=1S/C18H15N3O4/c1-2-25-18(24)16-15(20-13-5-3-4-6-14(13)21-16)12-9-10(19)7-8-11(12)17(22)23/h3-9H,2,19H2,1H3,(H,22,23). The number of nitrogens with two attached hydrogens (primary N) is 1. The summed E-state index contributed by atoms with van der Waals surface area (Å²) < 4.78 is 5.05. The number of carboxylic acid groups (broad SMARTS) is 1. The number of carboxylic acids is 1. The molecule has 2 aromatic carbocycles. The van der Waals surface area contributed by atoms with Gasteiger partial charge in [-0.15, -0.1) is 0 Å². The van der Waals surface area contributed by atoms with Gasteiger partial charge in [0.25, 0.3) is 0 Å². The van der Waals surface area contributed by atoms with Crippen LogP contribution in [0.5, 0.6) is 0 Å². The molecule has 0 saturated heterocycles. The first-order chi connectivity index (χ1) is 12.0. The van der Waals surface area contributed by atoms with E-state index in [-0.39, 0.29) is 29.1 Å². The Hall–Kier alpha value is -3.48. The lowest BCUT2D eigenvalue weighted by Gasteiger charge is -2.12. The number of nitrogen functional groups attached to an aromatic ring is 1. The van der Waals surface area contributed by atoms with Gasteiger partial charge in [-0.3, -0.25) is 0 Å². The van der Waals surface area contributed by atoms with Gasteiger partial charge in [-0.2, -0.15) is 0 Å². The van der Waals surface area contributed by atoms with Crippen LogP contribution < -0.4 is 5.73 Å². The largest absolute Gasteiger partial charge is 0.478 e. The second-order valence-electron chi connectivity index (χ2n) is 5.24. The Bertz CT molecular complexity index is 985. The van der Waals surface area contributed by atoms with Gasteiger partial charge in [-0.25, -0.2) is 19.6 Å². The molecule has 0 atom stereocenters. The smallest absolute Gasteiger partial charge is 0.359 e. The van der Waals surface area contributed by atoms with Crippen molar-refractivity contribution in [3.8, 4) is 11.3 Å². The highest BCUT2D eigenvalue weighted by Gasteiger charge is 2.23. The van der Waals surface area contributed by atoms with Crippen molar-refractivity contribution in [1.29, 1.82) is 0 Å². The third-order valence-corrected chi connectivity index (χ3v) is 3.57. The van der Waals surface area contributed by atoms with Crippen LogP contribution >= 0.6 is 0 Å². The fourth-order valence-electron chi connectivity index (χ4n) is 2.47. The van der Waals surface area contributed by atoms with Crippen LogP contribution in [0.4, 0.5) is 5.69 Å². The molecule has 0 fully saturated rings. The molecule has 0 aliphatic carbocycles. The maximum Gasteiger partial charge on any atom is 0.359 e. The average molecular weight is 337 g/mol. The van der Waals surface area contributed by atoms with E-state index in [1.54, 1.807) is 31.2 Å². The molecule has 0 amide bonds. The highest BCUT2D eigenvalue weighted by atomic mass is 16.5. The summed E-state index contributed by atoms with van der Waals surface area (Å²) in [4.78, 5) is 32.7. The number of benzene rings is 2.